The fourth-order valence-electron chi connectivity index (χ4n) is 3.84. The molecule has 164 valence electrons. The molecule has 0 aromatic heterocycles. The zero-order valence-corrected chi connectivity index (χ0v) is 49.9. The van der Waals surface area contributed by atoms with Gasteiger partial charge in [0.2, 0.25) is 0 Å². The summed E-state index contributed by atoms with van der Waals surface area (Å²) in [6.45, 7) is 1.93. The topological polar surface area (TPSA) is 75.6 Å². The van der Waals surface area contributed by atoms with E-state index in [9.17, 15) is 5.11 Å². The van der Waals surface area contributed by atoms with Crippen molar-refractivity contribution in [2.75, 3.05) is 13.4 Å². The van der Waals surface area contributed by atoms with Crippen molar-refractivity contribution in [2.45, 2.75) is 6.92 Å². The fourth-order valence-corrected chi connectivity index (χ4v) is 4.57. The van der Waals surface area contributed by atoms with Gasteiger partial charge in [-0.3, -0.25) is 0 Å². The number of ether oxygens (including phenoxy) is 2. The van der Waals surface area contributed by atoms with E-state index in [1.54, 1.807) is 0 Å². The number of aliphatic hydroxyl groups excluding tert-OH is 1. The van der Waals surface area contributed by atoms with Gasteiger partial charge in [-0.2, -0.15) is 0 Å². The van der Waals surface area contributed by atoms with Crippen LogP contribution in [-0.2, 0) is 0 Å². The number of aliphatic hydroxyl groups is 1. The first-order chi connectivity index (χ1) is 15.6. The average Bonchev–Trinajstić information content (AvgIpc) is 2.83. The summed E-state index contributed by atoms with van der Waals surface area (Å²) in [5.74, 6) is 3.18. The molecular formula is C21H14Al6K6O7. The summed E-state index contributed by atoms with van der Waals surface area (Å²) in [4.78, 5) is 0. The number of fused-ring (bicyclic) bond motifs is 6. The van der Waals surface area contributed by atoms with Crippen LogP contribution in [0.25, 0.3) is 32.3 Å². The van der Waals surface area contributed by atoms with Crippen molar-refractivity contribution in [3.05, 3.63) is 36.4 Å². The van der Waals surface area contributed by atoms with E-state index in [4.69, 9.17) is 24.6 Å². The minimum atomic E-state index is -0.480. The van der Waals surface area contributed by atoms with Gasteiger partial charge in [0.25, 0.3) is 0 Å². The molecule has 7 nitrogen and oxygen atoms in total. The summed E-state index contributed by atoms with van der Waals surface area (Å²) < 4.78 is 33.1. The molecule has 0 saturated heterocycles. The Labute approximate surface area is 545 Å². The van der Waals surface area contributed by atoms with Gasteiger partial charge in [0.1, 0.15) is 23.0 Å². The van der Waals surface area contributed by atoms with Crippen molar-refractivity contribution in [1.82, 2.24) is 0 Å². The molecule has 0 aliphatic carbocycles. The second kappa shape index (κ2) is 30.8. The molecule has 0 spiro atoms. The predicted octanol–water partition coefficient (Wildman–Crippen LogP) is -0.324. The molecule has 4 aromatic carbocycles. The number of hydrogen-bond donors (Lipinski definition) is 1. The smallest absolute Gasteiger partial charge is 0.482 e. The molecule has 0 aliphatic rings. The predicted molar refractivity (Wildman–Crippen MR) is 169 cm³/mol. The zero-order chi connectivity index (χ0) is 22.8. The molecule has 1 N–H and O–H groups in total. The van der Waals surface area contributed by atoms with Gasteiger partial charge < -0.3 is 29.7 Å². The fraction of sp³-hybridized carbons (Fsp3) is 0.143. The van der Waals surface area contributed by atoms with Crippen molar-refractivity contribution in [3.8, 4) is 34.5 Å². The molecule has 0 atom stereocenters. The van der Waals surface area contributed by atoms with E-state index in [0.29, 0.717) is 41.1 Å². The van der Waals surface area contributed by atoms with E-state index < -0.39 is 6.79 Å². The minimum absolute atomic E-state index is 0. The van der Waals surface area contributed by atoms with Gasteiger partial charge in [-0.15, -0.1) is 0 Å². The average molecular weight is 775 g/mol. The van der Waals surface area contributed by atoms with Gasteiger partial charge in [0, 0.05) is 343 Å². The van der Waals surface area contributed by atoms with Crippen LogP contribution in [0.15, 0.2) is 36.4 Å². The van der Waals surface area contributed by atoms with Crippen molar-refractivity contribution in [1.29, 1.82) is 0 Å². The molecule has 20 radical (unpaired) electrons. The summed E-state index contributed by atoms with van der Waals surface area (Å²) >= 11 is 8.96. The molecule has 4 rings (SSSR count). The Bertz CT molecular complexity index is 1300. The maximum Gasteiger partial charge on any atom is 0.482 e. The van der Waals surface area contributed by atoms with Gasteiger partial charge in [0.15, 0.2) is 18.3 Å². The number of rotatable bonds is 8. The van der Waals surface area contributed by atoms with E-state index in [-0.39, 0.29) is 343 Å². The first kappa shape index (κ1) is 58.7. The van der Waals surface area contributed by atoms with Crippen molar-refractivity contribution in [2.24, 2.45) is 0 Å². The Balaban J connectivity index is -0.000000510. The second-order valence-corrected chi connectivity index (χ2v) is 7.65. The van der Waals surface area contributed by atoms with Crippen LogP contribution in [-0.4, -0.2) is 428 Å². The monoisotopic (exact) mass is 774 g/mol. The van der Waals surface area contributed by atoms with Crippen LogP contribution >= 0.6 is 0 Å². The third-order valence-electron chi connectivity index (χ3n) is 5.15. The molecule has 0 amide bonds. The standard InChI is InChI=1S/C21H18O7.6Al.6K/c1-2-27-20-7-14-12(5-18(20)25)10-3-16(23)17(24)4-11(10)15-8-21(28-9-22)19(26)6-13(14)15;;;;;;;;;;;;/h3-8,22-26H,2,9H2,1H3;;;;;;;;;;;;/q;;;4*+1;;;;;;/p-4. The molecule has 0 fully saturated rings. The SMILES string of the molecule is CCOc1cc2c(cc1[O][Al])c1cc([O][Al])c([O][Al])cc1c1cc(OCO)c([O][Al])cc21.[Al].[Al].[K].[K].[K].[K].[K].[K]. The van der Waals surface area contributed by atoms with Gasteiger partial charge in [-0.05, 0) is 75.6 Å². The number of hydrogen-bond acceptors (Lipinski definition) is 7. The van der Waals surface area contributed by atoms with Crippen LogP contribution in [0, 0.1) is 0 Å². The van der Waals surface area contributed by atoms with E-state index in [1.807, 2.05) is 43.3 Å². The molecule has 0 aliphatic heterocycles. The van der Waals surface area contributed by atoms with Crippen molar-refractivity contribution in [3.63, 3.8) is 0 Å². The summed E-state index contributed by atoms with van der Waals surface area (Å²) in [5.41, 5.74) is 0. The maximum absolute atomic E-state index is 9.34. The van der Waals surface area contributed by atoms with Crippen molar-refractivity contribution < 1.29 is 29.7 Å². The van der Waals surface area contributed by atoms with Gasteiger partial charge >= 0.3 is 66.5 Å². The summed E-state index contributed by atoms with van der Waals surface area (Å²) in [5, 5.41) is 14.8. The number of benzene rings is 4. The van der Waals surface area contributed by atoms with Crippen LogP contribution in [0.5, 0.6) is 34.5 Å². The minimum Gasteiger partial charge on any atom is -0.651 e. The Kier molecular flexibility index (Phi) is 45.3. The first-order valence-corrected chi connectivity index (χ1v) is 11.4. The molecule has 40 heavy (non-hydrogen) atoms. The zero-order valence-electron chi connectivity index (χ0n) is 24.2. The second-order valence-electron chi connectivity index (χ2n) is 6.71. The van der Waals surface area contributed by atoms with Crippen molar-refractivity contribution >= 4 is 442 Å². The van der Waals surface area contributed by atoms with Gasteiger partial charge in [-0.1, -0.05) is 0 Å². The van der Waals surface area contributed by atoms with E-state index in [1.165, 1.54) is 0 Å². The Morgan fingerprint density at radius 1 is 0.475 bits per heavy atom. The van der Waals surface area contributed by atoms with Gasteiger partial charge in [-0.25, -0.2) is 0 Å². The summed E-state index contributed by atoms with van der Waals surface area (Å²) in [6, 6.07) is 11.4. The molecule has 0 saturated carbocycles. The van der Waals surface area contributed by atoms with Crippen LogP contribution in [0.3, 0.4) is 0 Å². The molecule has 0 bridgehead atoms. The van der Waals surface area contributed by atoms with Gasteiger partial charge in [0.05, 0.1) is 6.61 Å². The maximum atomic E-state index is 9.34. The Hall–Kier alpha value is 9.43. The van der Waals surface area contributed by atoms with E-state index in [0.717, 1.165) is 32.3 Å². The van der Waals surface area contributed by atoms with E-state index >= 15 is 0 Å². The largest absolute Gasteiger partial charge is 0.651 e. The van der Waals surface area contributed by atoms with E-state index in [2.05, 4.69) is 66.5 Å². The van der Waals surface area contributed by atoms with Crippen LogP contribution in [0.1, 0.15) is 6.92 Å². The molecule has 4 aromatic rings. The Morgan fingerprint density at radius 3 is 0.925 bits per heavy atom. The molecular weight excluding hydrogens is 761 g/mol. The first-order valence-electron chi connectivity index (χ1n) is 9.48. The Morgan fingerprint density at radius 2 is 0.700 bits per heavy atom. The summed E-state index contributed by atoms with van der Waals surface area (Å²) in [6.07, 6.45) is 0. The quantitative estimate of drug-likeness (QED) is 0.150. The molecule has 19 heteroatoms. The third-order valence-corrected chi connectivity index (χ3v) is 6.17. The van der Waals surface area contributed by atoms with Crippen LogP contribution < -0.4 is 24.6 Å². The van der Waals surface area contributed by atoms with Crippen LogP contribution in [0.4, 0.5) is 0 Å². The molecule has 0 unspecified atom stereocenters. The normalized spacial score (nSPS) is 8.75. The third kappa shape index (κ3) is 14.7. The van der Waals surface area contributed by atoms with Crippen LogP contribution in [0.2, 0.25) is 0 Å². The summed E-state index contributed by atoms with van der Waals surface area (Å²) in [7, 11) is 0. The molecule has 0 heterocycles.